The van der Waals surface area contributed by atoms with Crippen LogP contribution in [0.3, 0.4) is 0 Å². The first-order chi connectivity index (χ1) is 6.15. The van der Waals surface area contributed by atoms with Gasteiger partial charge in [0.2, 0.25) is 0 Å². The molecule has 0 aliphatic heterocycles. The van der Waals surface area contributed by atoms with Gasteiger partial charge < -0.3 is 4.90 Å². The number of hydrogen-bond donors (Lipinski definition) is 0. The molecule has 13 heavy (non-hydrogen) atoms. The minimum absolute atomic E-state index is 0.620. The molecule has 0 fully saturated rings. The van der Waals surface area contributed by atoms with Crippen LogP contribution < -0.4 is 0 Å². The van der Waals surface area contributed by atoms with E-state index in [-0.39, 0.29) is 0 Å². The third-order valence-corrected chi connectivity index (χ3v) is 2.30. The lowest BCUT2D eigenvalue weighted by atomic mass is 9.96. The van der Waals surface area contributed by atoms with Gasteiger partial charge in [-0.05, 0) is 24.1 Å². The standard InChI is InChI=1S/C12H17N/c1-5-13(4)11(3)12-8-6-7-10(2)9-12/h5-6,8-10H,1,3,7H2,2,4H3. The smallest absolute Gasteiger partial charge is 0.0400 e. The second kappa shape index (κ2) is 4.13. The van der Waals surface area contributed by atoms with Crippen molar-refractivity contribution in [2.75, 3.05) is 7.05 Å². The molecule has 0 amide bonds. The topological polar surface area (TPSA) is 3.24 Å². The van der Waals surface area contributed by atoms with Crippen LogP contribution in [0, 0.1) is 5.92 Å². The van der Waals surface area contributed by atoms with Crippen LogP contribution in [-0.2, 0) is 0 Å². The molecule has 0 heterocycles. The number of nitrogens with zero attached hydrogens (tertiary/aromatic N) is 1. The molecule has 0 saturated carbocycles. The van der Waals surface area contributed by atoms with E-state index in [4.69, 9.17) is 0 Å². The zero-order valence-corrected chi connectivity index (χ0v) is 8.46. The second-order valence-corrected chi connectivity index (χ2v) is 3.48. The molecule has 1 heteroatoms. The Morgan fingerprint density at radius 3 is 2.92 bits per heavy atom. The van der Waals surface area contributed by atoms with Crippen molar-refractivity contribution >= 4 is 0 Å². The van der Waals surface area contributed by atoms with E-state index in [0.29, 0.717) is 5.92 Å². The van der Waals surface area contributed by atoms with Crippen molar-refractivity contribution in [2.45, 2.75) is 13.3 Å². The summed E-state index contributed by atoms with van der Waals surface area (Å²) >= 11 is 0. The van der Waals surface area contributed by atoms with Crippen molar-refractivity contribution in [3.8, 4) is 0 Å². The summed E-state index contributed by atoms with van der Waals surface area (Å²) in [6.07, 6.45) is 9.48. The predicted molar refractivity (Wildman–Crippen MR) is 58.1 cm³/mol. The van der Waals surface area contributed by atoms with Gasteiger partial charge in [0.05, 0.1) is 0 Å². The summed E-state index contributed by atoms with van der Waals surface area (Å²) in [5.41, 5.74) is 2.22. The Hall–Kier alpha value is -1.24. The molecule has 1 aliphatic rings. The molecule has 1 aliphatic carbocycles. The summed E-state index contributed by atoms with van der Waals surface area (Å²) in [7, 11) is 1.96. The van der Waals surface area contributed by atoms with Crippen molar-refractivity contribution < 1.29 is 0 Å². The molecule has 0 saturated heterocycles. The maximum absolute atomic E-state index is 4.02. The van der Waals surface area contributed by atoms with Crippen LogP contribution in [0.15, 0.2) is 48.9 Å². The largest absolute Gasteiger partial charge is 0.352 e. The van der Waals surface area contributed by atoms with Crippen LogP contribution in [0.2, 0.25) is 0 Å². The molecule has 0 N–H and O–H groups in total. The molecule has 0 aromatic carbocycles. The van der Waals surface area contributed by atoms with Gasteiger partial charge in [0.15, 0.2) is 0 Å². The monoisotopic (exact) mass is 175 g/mol. The fourth-order valence-corrected chi connectivity index (χ4v) is 1.35. The molecule has 0 aromatic heterocycles. The van der Waals surface area contributed by atoms with Crippen molar-refractivity contribution in [2.24, 2.45) is 5.92 Å². The molecule has 1 nitrogen and oxygen atoms in total. The molecule has 0 radical (unpaired) electrons. The fourth-order valence-electron chi connectivity index (χ4n) is 1.35. The van der Waals surface area contributed by atoms with E-state index in [1.807, 2.05) is 11.9 Å². The summed E-state index contributed by atoms with van der Waals surface area (Å²) in [5, 5.41) is 0. The summed E-state index contributed by atoms with van der Waals surface area (Å²) in [6, 6.07) is 0. The van der Waals surface area contributed by atoms with Crippen molar-refractivity contribution in [1.82, 2.24) is 4.90 Å². The van der Waals surface area contributed by atoms with Crippen LogP contribution in [0.1, 0.15) is 13.3 Å². The van der Waals surface area contributed by atoms with Gasteiger partial charge in [-0.25, -0.2) is 0 Å². The highest BCUT2D eigenvalue weighted by Gasteiger charge is 2.08. The maximum Gasteiger partial charge on any atom is 0.0400 e. The van der Waals surface area contributed by atoms with E-state index in [1.165, 1.54) is 5.57 Å². The van der Waals surface area contributed by atoms with Crippen molar-refractivity contribution in [3.63, 3.8) is 0 Å². The fraction of sp³-hybridized carbons (Fsp3) is 0.333. The molecule has 1 unspecified atom stereocenters. The first-order valence-corrected chi connectivity index (χ1v) is 4.58. The molecule has 0 bridgehead atoms. The Morgan fingerprint density at radius 1 is 1.69 bits per heavy atom. The maximum atomic E-state index is 4.02. The number of hydrogen-bond acceptors (Lipinski definition) is 1. The third kappa shape index (κ3) is 2.35. The Bertz CT molecular complexity index is 271. The van der Waals surface area contributed by atoms with E-state index in [1.54, 1.807) is 6.20 Å². The quantitative estimate of drug-likeness (QED) is 0.637. The van der Waals surface area contributed by atoms with Crippen molar-refractivity contribution in [1.29, 1.82) is 0 Å². The molecule has 1 rings (SSSR count). The zero-order chi connectivity index (χ0) is 9.84. The molecule has 1 atom stereocenters. The van der Waals surface area contributed by atoms with Gasteiger partial charge in [-0.15, -0.1) is 0 Å². The average molecular weight is 175 g/mol. The first kappa shape index (κ1) is 9.85. The van der Waals surface area contributed by atoms with E-state index in [0.717, 1.165) is 12.1 Å². The van der Waals surface area contributed by atoms with Crippen LogP contribution in [0.4, 0.5) is 0 Å². The number of allylic oxidation sites excluding steroid dienone is 3. The highest BCUT2D eigenvalue weighted by molar-refractivity contribution is 5.39. The van der Waals surface area contributed by atoms with E-state index in [2.05, 4.69) is 38.3 Å². The van der Waals surface area contributed by atoms with Crippen LogP contribution in [0.5, 0.6) is 0 Å². The molecular weight excluding hydrogens is 158 g/mol. The molecule has 70 valence electrons. The second-order valence-electron chi connectivity index (χ2n) is 3.48. The van der Waals surface area contributed by atoms with Crippen molar-refractivity contribution in [3.05, 3.63) is 48.9 Å². The lowest BCUT2D eigenvalue weighted by Crippen LogP contribution is -2.11. The highest BCUT2D eigenvalue weighted by atomic mass is 15.1. The normalized spacial score (nSPS) is 20.8. The van der Waals surface area contributed by atoms with Gasteiger partial charge in [-0.2, -0.15) is 0 Å². The Labute approximate surface area is 80.7 Å². The summed E-state index contributed by atoms with van der Waals surface area (Å²) in [5.74, 6) is 0.620. The Morgan fingerprint density at radius 2 is 2.38 bits per heavy atom. The van der Waals surface area contributed by atoms with Crippen LogP contribution in [0.25, 0.3) is 0 Å². The van der Waals surface area contributed by atoms with Gasteiger partial charge in [0.1, 0.15) is 0 Å². The number of likely N-dealkylation sites (N-methyl/N-ethyl adjacent to an activating group) is 1. The van der Waals surface area contributed by atoms with Gasteiger partial charge >= 0.3 is 0 Å². The van der Waals surface area contributed by atoms with Gasteiger partial charge in [-0.1, -0.05) is 38.3 Å². The lowest BCUT2D eigenvalue weighted by molar-refractivity contribution is 0.582. The summed E-state index contributed by atoms with van der Waals surface area (Å²) < 4.78 is 0. The Balaban J connectivity index is 2.77. The summed E-state index contributed by atoms with van der Waals surface area (Å²) in [4.78, 5) is 1.94. The number of rotatable bonds is 3. The van der Waals surface area contributed by atoms with Crippen LogP contribution >= 0.6 is 0 Å². The van der Waals surface area contributed by atoms with Gasteiger partial charge in [0.25, 0.3) is 0 Å². The van der Waals surface area contributed by atoms with Crippen LogP contribution in [-0.4, -0.2) is 11.9 Å². The Kier molecular flexibility index (Phi) is 3.13. The molecule has 0 spiro atoms. The van der Waals surface area contributed by atoms with Gasteiger partial charge in [0, 0.05) is 12.7 Å². The van der Waals surface area contributed by atoms with E-state index in [9.17, 15) is 0 Å². The first-order valence-electron chi connectivity index (χ1n) is 4.58. The molecule has 0 aromatic rings. The third-order valence-electron chi connectivity index (χ3n) is 2.30. The predicted octanol–water partition coefficient (Wildman–Crippen LogP) is 3.10. The lowest BCUT2D eigenvalue weighted by Gasteiger charge is -2.20. The minimum Gasteiger partial charge on any atom is -0.352 e. The zero-order valence-electron chi connectivity index (χ0n) is 8.46. The highest BCUT2D eigenvalue weighted by Crippen LogP contribution is 2.22. The average Bonchev–Trinajstić information content (AvgIpc) is 2.15. The summed E-state index contributed by atoms with van der Waals surface area (Å²) in [6.45, 7) is 9.94. The minimum atomic E-state index is 0.620. The van der Waals surface area contributed by atoms with E-state index >= 15 is 0 Å². The van der Waals surface area contributed by atoms with E-state index < -0.39 is 0 Å². The SMILES string of the molecule is C=CN(C)C(=C)C1=CC(C)CC=C1. The van der Waals surface area contributed by atoms with Gasteiger partial charge in [-0.3, -0.25) is 0 Å². The molecular formula is C12H17N.